The van der Waals surface area contributed by atoms with Gasteiger partial charge in [-0.2, -0.15) is 0 Å². The van der Waals surface area contributed by atoms with Crippen LogP contribution in [0.3, 0.4) is 0 Å². The van der Waals surface area contributed by atoms with Crippen molar-refractivity contribution < 1.29 is 28.7 Å². The number of ether oxygens (including phenoxy) is 3. The second kappa shape index (κ2) is 8.28. The highest BCUT2D eigenvalue weighted by molar-refractivity contribution is 5.90. The van der Waals surface area contributed by atoms with E-state index in [1.54, 1.807) is 4.90 Å². The van der Waals surface area contributed by atoms with Crippen molar-refractivity contribution in [1.29, 1.82) is 0 Å². The highest BCUT2D eigenvalue weighted by Gasteiger charge is 2.29. The lowest BCUT2D eigenvalue weighted by atomic mass is 9.97. The van der Waals surface area contributed by atoms with Crippen molar-refractivity contribution in [3.05, 3.63) is 33.9 Å². The van der Waals surface area contributed by atoms with Gasteiger partial charge in [-0.15, -0.1) is 0 Å². The molecule has 2 heterocycles. The summed E-state index contributed by atoms with van der Waals surface area (Å²) in [5.41, 5.74) is -0.0452. The average Bonchev–Trinajstić information content (AvgIpc) is 3.11. The largest absolute Gasteiger partial charge is 0.454 e. The first-order valence-corrected chi connectivity index (χ1v) is 9.11. The number of carbonyl (C=O) groups is 2. The molecule has 1 aromatic carbocycles. The van der Waals surface area contributed by atoms with Crippen LogP contribution in [-0.4, -0.2) is 47.2 Å². The van der Waals surface area contributed by atoms with Crippen LogP contribution in [0, 0.1) is 10.1 Å². The first-order chi connectivity index (χ1) is 13.4. The van der Waals surface area contributed by atoms with E-state index in [1.807, 2.05) is 13.8 Å². The van der Waals surface area contributed by atoms with Crippen molar-refractivity contribution in [2.75, 3.05) is 13.4 Å². The van der Waals surface area contributed by atoms with Crippen LogP contribution < -0.4 is 9.47 Å². The van der Waals surface area contributed by atoms with Gasteiger partial charge in [0.25, 0.3) is 11.6 Å². The molecule has 1 aromatic rings. The van der Waals surface area contributed by atoms with Gasteiger partial charge in [-0.25, -0.2) is 4.79 Å². The van der Waals surface area contributed by atoms with Crippen molar-refractivity contribution in [3.8, 4) is 11.5 Å². The molecule has 150 valence electrons. The predicted molar refractivity (Wildman–Crippen MR) is 98.8 cm³/mol. The van der Waals surface area contributed by atoms with Gasteiger partial charge < -0.3 is 19.1 Å². The molecule has 28 heavy (non-hydrogen) atoms. The van der Waals surface area contributed by atoms with Gasteiger partial charge in [0.2, 0.25) is 6.79 Å². The lowest BCUT2D eigenvalue weighted by Gasteiger charge is -2.38. The summed E-state index contributed by atoms with van der Waals surface area (Å²) in [5, 5.41) is 11.2. The highest BCUT2D eigenvalue weighted by atomic mass is 16.7. The number of rotatable bonds is 5. The summed E-state index contributed by atoms with van der Waals surface area (Å²) >= 11 is 0. The molecule has 0 saturated carbocycles. The Morgan fingerprint density at radius 2 is 1.89 bits per heavy atom. The molecule has 2 aliphatic rings. The zero-order valence-corrected chi connectivity index (χ0v) is 15.8. The van der Waals surface area contributed by atoms with Crippen molar-refractivity contribution in [1.82, 2.24) is 4.90 Å². The lowest BCUT2D eigenvalue weighted by molar-refractivity contribution is -0.385. The average molecular weight is 390 g/mol. The topological polar surface area (TPSA) is 108 Å². The van der Waals surface area contributed by atoms with Gasteiger partial charge in [-0.05, 0) is 45.3 Å². The van der Waals surface area contributed by atoms with Gasteiger partial charge in [-0.1, -0.05) is 0 Å². The number of hydrogen-bond donors (Lipinski definition) is 0. The fraction of sp³-hybridized carbons (Fsp3) is 0.474. The smallest absolute Gasteiger partial charge is 0.331 e. The Balaban J connectivity index is 1.63. The highest BCUT2D eigenvalue weighted by Crippen LogP contribution is 2.38. The molecule has 2 atom stereocenters. The molecule has 2 aliphatic heterocycles. The van der Waals surface area contributed by atoms with Crippen LogP contribution in [0.4, 0.5) is 5.69 Å². The number of likely N-dealkylation sites (tertiary alicyclic amines) is 1. The number of esters is 1. The molecule has 0 aliphatic carbocycles. The number of benzene rings is 1. The number of nitro groups is 1. The van der Waals surface area contributed by atoms with E-state index in [-0.39, 0.29) is 48.4 Å². The quantitative estimate of drug-likeness (QED) is 0.329. The second-order valence-corrected chi connectivity index (χ2v) is 6.89. The second-order valence-electron chi connectivity index (χ2n) is 6.89. The Labute approximate surface area is 162 Å². The third kappa shape index (κ3) is 4.24. The maximum atomic E-state index is 12.4. The molecule has 1 amide bonds. The summed E-state index contributed by atoms with van der Waals surface area (Å²) in [7, 11) is 0. The van der Waals surface area contributed by atoms with Gasteiger partial charge in [-0.3, -0.25) is 14.9 Å². The van der Waals surface area contributed by atoms with E-state index < -0.39 is 10.9 Å². The molecule has 0 bridgehead atoms. The van der Waals surface area contributed by atoms with Crippen molar-refractivity contribution >= 4 is 23.6 Å². The number of piperidine rings is 1. The van der Waals surface area contributed by atoms with Crippen LogP contribution >= 0.6 is 0 Å². The van der Waals surface area contributed by atoms with Gasteiger partial charge in [0.1, 0.15) is 0 Å². The molecule has 0 spiro atoms. The fourth-order valence-corrected chi connectivity index (χ4v) is 3.56. The summed E-state index contributed by atoms with van der Waals surface area (Å²) < 4.78 is 15.4. The predicted octanol–water partition coefficient (Wildman–Crippen LogP) is 2.67. The molecule has 1 saturated heterocycles. The van der Waals surface area contributed by atoms with Gasteiger partial charge >= 0.3 is 5.97 Å². The maximum Gasteiger partial charge on any atom is 0.331 e. The first kappa shape index (κ1) is 19.7. The van der Waals surface area contributed by atoms with E-state index in [4.69, 9.17) is 14.2 Å². The minimum Gasteiger partial charge on any atom is -0.454 e. The minimum atomic E-state index is -0.752. The van der Waals surface area contributed by atoms with Gasteiger partial charge in [0, 0.05) is 18.2 Å². The summed E-state index contributed by atoms with van der Waals surface area (Å²) in [6, 6.07) is 2.89. The van der Waals surface area contributed by atoms with Crippen molar-refractivity contribution in [2.24, 2.45) is 0 Å². The maximum absolute atomic E-state index is 12.4. The van der Waals surface area contributed by atoms with E-state index in [2.05, 4.69) is 0 Å². The Kier molecular flexibility index (Phi) is 5.81. The third-order valence-corrected chi connectivity index (χ3v) is 4.94. The molecular weight excluding hydrogens is 368 g/mol. The lowest BCUT2D eigenvalue weighted by Crippen LogP contribution is -2.49. The summed E-state index contributed by atoms with van der Waals surface area (Å²) in [4.78, 5) is 36.8. The van der Waals surface area contributed by atoms with Crippen LogP contribution in [0.1, 0.15) is 38.7 Å². The monoisotopic (exact) mass is 390 g/mol. The van der Waals surface area contributed by atoms with E-state index in [1.165, 1.54) is 18.2 Å². The Morgan fingerprint density at radius 1 is 1.25 bits per heavy atom. The first-order valence-electron chi connectivity index (χ1n) is 9.11. The minimum absolute atomic E-state index is 0.0167. The number of nitrogens with zero attached hydrogens (tertiary/aromatic N) is 2. The molecule has 9 nitrogen and oxygen atoms in total. The summed E-state index contributed by atoms with van der Waals surface area (Å²) in [5.74, 6) is -0.350. The number of amides is 1. The van der Waals surface area contributed by atoms with Crippen LogP contribution in [0.25, 0.3) is 6.08 Å². The van der Waals surface area contributed by atoms with Crippen LogP contribution in [0.5, 0.6) is 11.5 Å². The van der Waals surface area contributed by atoms with E-state index in [9.17, 15) is 19.7 Å². The SMILES string of the molecule is C[C@@H]1CCC[C@@H](C)N1C(=O)COC(=O)/C=C/c1cc2c(cc1[N+](=O)[O-])OCO2. The third-order valence-electron chi connectivity index (χ3n) is 4.94. The van der Waals surface area contributed by atoms with Crippen LogP contribution in [0.15, 0.2) is 18.2 Å². The molecule has 3 rings (SSSR count). The molecule has 0 N–H and O–H groups in total. The van der Waals surface area contributed by atoms with Crippen LogP contribution in [0.2, 0.25) is 0 Å². The number of nitro benzene ring substituents is 1. The standard InChI is InChI=1S/C19H22N2O7/c1-12-4-3-5-13(2)20(12)18(22)10-26-19(23)7-6-14-8-16-17(28-11-27-16)9-15(14)21(24)25/h6-9,12-13H,3-5,10-11H2,1-2H3/b7-6+/t12-,13-/m1/s1. The Bertz CT molecular complexity index is 811. The molecule has 0 unspecified atom stereocenters. The van der Waals surface area contributed by atoms with Crippen molar-refractivity contribution in [3.63, 3.8) is 0 Å². The normalized spacial score (nSPS) is 21.0. The molecule has 9 heteroatoms. The van der Waals surface area contributed by atoms with Gasteiger partial charge in [0.15, 0.2) is 18.1 Å². The zero-order chi connectivity index (χ0) is 20.3. The molecule has 0 aromatic heterocycles. The summed E-state index contributed by atoms with van der Waals surface area (Å²) in [6.07, 6.45) is 5.25. The van der Waals surface area contributed by atoms with E-state index in [0.717, 1.165) is 25.3 Å². The van der Waals surface area contributed by atoms with E-state index >= 15 is 0 Å². The molecule has 0 radical (unpaired) electrons. The van der Waals surface area contributed by atoms with Crippen molar-refractivity contribution in [2.45, 2.75) is 45.2 Å². The fourth-order valence-electron chi connectivity index (χ4n) is 3.56. The van der Waals surface area contributed by atoms with E-state index in [0.29, 0.717) is 5.75 Å². The van der Waals surface area contributed by atoms with Gasteiger partial charge in [0.05, 0.1) is 16.6 Å². The zero-order valence-electron chi connectivity index (χ0n) is 15.8. The Hall–Kier alpha value is -3.10. The molecule has 1 fully saturated rings. The number of hydrogen-bond acceptors (Lipinski definition) is 7. The Morgan fingerprint density at radius 3 is 2.54 bits per heavy atom. The molecular formula is C19H22N2O7. The number of fused-ring (bicyclic) bond motifs is 1. The number of carbonyl (C=O) groups excluding carboxylic acids is 2. The summed E-state index contributed by atoms with van der Waals surface area (Å²) in [6.45, 7) is 3.58. The van der Waals surface area contributed by atoms with Crippen LogP contribution in [-0.2, 0) is 14.3 Å².